The molecular weight excluding hydrogens is 216 g/mol. The van der Waals surface area contributed by atoms with Crippen LogP contribution >= 0.6 is 11.6 Å². The first-order valence-corrected chi connectivity index (χ1v) is 4.95. The maximum atomic E-state index is 11.3. The summed E-state index contributed by atoms with van der Waals surface area (Å²) in [6.45, 7) is 0. The Bertz CT molecular complexity index is 502. The van der Waals surface area contributed by atoms with Crippen LogP contribution in [0.1, 0.15) is 10.6 Å². The Morgan fingerprint density at radius 1 is 1.53 bits per heavy atom. The molecular formula is C11H9ClO3. The SMILES string of the molecule is COc1cccc2cc(C(=O)CCl)oc12. The summed E-state index contributed by atoms with van der Waals surface area (Å²) in [6, 6.07) is 7.14. The van der Waals surface area contributed by atoms with Crippen LogP contribution in [0.25, 0.3) is 11.0 Å². The van der Waals surface area contributed by atoms with Crippen LogP contribution < -0.4 is 4.74 Å². The lowest BCUT2D eigenvalue weighted by Gasteiger charge is -1.98. The second kappa shape index (κ2) is 3.95. The van der Waals surface area contributed by atoms with Gasteiger partial charge in [-0.1, -0.05) is 12.1 Å². The molecule has 0 N–H and O–H groups in total. The largest absolute Gasteiger partial charge is 0.493 e. The highest BCUT2D eigenvalue weighted by Crippen LogP contribution is 2.28. The number of methoxy groups -OCH3 is 1. The van der Waals surface area contributed by atoms with Gasteiger partial charge in [-0.25, -0.2) is 0 Å². The van der Waals surface area contributed by atoms with E-state index in [1.54, 1.807) is 19.2 Å². The number of furan rings is 1. The fraction of sp³-hybridized carbons (Fsp3) is 0.182. The van der Waals surface area contributed by atoms with Crippen LogP contribution in [-0.2, 0) is 0 Å². The fourth-order valence-corrected chi connectivity index (χ4v) is 1.53. The molecule has 0 aliphatic carbocycles. The van der Waals surface area contributed by atoms with E-state index in [4.69, 9.17) is 20.8 Å². The number of benzene rings is 1. The molecule has 0 unspecified atom stereocenters. The fourth-order valence-electron chi connectivity index (χ4n) is 1.40. The molecule has 0 atom stereocenters. The number of alkyl halides is 1. The van der Waals surface area contributed by atoms with Crippen LogP contribution in [0.2, 0.25) is 0 Å². The quantitative estimate of drug-likeness (QED) is 0.595. The third-order valence-electron chi connectivity index (χ3n) is 2.12. The number of hydrogen-bond donors (Lipinski definition) is 0. The van der Waals surface area contributed by atoms with Gasteiger partial charge < -0.3 is 9.15 Å². The molecule has 0 fully saturated rings. The first-order valence-electron chi connectivity index (χ1n) is 4.42. The number of ether oxygens (including phenoxy) is 1. The first kappa shape index (κ1) is 10.1. The third kappa shape index (κ3) is 1.70. The van der Waals surface area contributed by atoms with Gasteiger partial charge in [-0.15, -0.1) is 11.6 Å². The highest BCUT2D eigenvalue weighted by Gasteiger charge is 2.13. The lowest BCUT2D eigenvalue weighted by molar-refractivity contribution is 0.0992. The number of hydrogen-bond acceptors (Lipinski definition) is 3. The normalized spacial score (nSPS) is 10.5. The topological polar surface area (TPSA) is 39.4 Å². The van der Waals surface area contributed by atoms with E-state index in [1.807, 2.05) is 12.1 Å². The Balaban J connectivity index is 2.60. The highest BCUT2D eigenvalue weighted by molar-refractivity contribution is 6.30. The predicted octanol–water partition coefficient (Wildman–Crippen LogP) is 2.86. The van der Waals surface area contributed by atoms with Gasteiger partial charge in [-0.3, -0.25) is 4.79 Å². The van der Waals surface area contributed by atoms with Crippen molar-refractivity contribution in [1.29, 1.82) is 0 Å². The van der Waals surface area contributed by atoms with Gasteiger partial charge in [0.05, 0.1) is 13.0 Å². The lowest BCUT2D eigenvalue weighted by atomic mass is 10.2. The second-order valence-corrected chi connectivity index (χ2v) is 3.31. The van der Waals surface area contributed by atoms with E-state index < -0.39 is 0 Å². The van der Waals surface area contributed by atoms with Crippen molar-refractivity contribution in [3.05, 3.63) is 30.0 Å². The van der Waals surface area contributed by atoms with E-state index in [1.165, 1.54) is 0 Å². The van der Waals surface area contributed by atoms with Crippen LogP contribution in [0.3, 0.4) is 0 Å². The third-order valence-corrected chi connectivity index (χ3v) is 2.37. The molecule has 1 aromatic carbocycles. The standard InChI is InChI=1S/C11H9ClO3/c1-14-9-4-2-3-7-5-10(8(13)6-12)15-11(7)9/h2-5H,6H2,1H3. The Morgan fingerprint density at radius 3 is 3.00 bits per heavy atom. The Labute approximate surface area is 91.6 Å². The monoisotopic (exact) mass is 224 g/mol. The number of carbonyl (C=O) groups excluding carboxylic acids is 1. The highest BCUT2D eigenvalue weighted by atomic mass is 35.5. The summed E-state index contributed by atoms with van der Waals surface area (Å²) in [7, 11) is 1.56. The number of fused-ring (bicyclic) bond motifs is 1. The van der Waals surface area contributed by atoms with E-state index in [0.29, 0.717) is 11.3 Å². The summed E-state index contributed by atoms with van der Waals surface area (Å²) in [5.74, 6) is 0.572. The average Bonchev–Trinajstić information content (AvgIpc) is 2.71. The van der Waals surface area contributed by atoms with Crippen molar-refractivity contribution in [3.8, 4) is 5.75 Å². The molecule has 15 heavy (non-hydrogen) atoms. The van der Waals surface area contributed by atoms with Gasteiger partial charge in [0, 0.05) is 5.39 Å². The molecule has 0 spiro atoms. The number of Topliss-reactive ketones (excluding diaryl/α,β-unsaturated/α-hetero) is 1. The zero-order valence-electron chi connectivity index (χ0n) is 8.12. The molecule has 0 saturated carbocycles. The second-order valence-electron chi connectivity index (χ2n) is 3.05. The van der Waals surface area contributed by atoms with Gasteiger partial charge in [-0.05, 0) is 12.1 Å². The molecule has 0 amide bonds. The van der Waals surface area contributed by atoms with E-state index >= 15 is 0 Å². The number of ketones is 1. The zero-order chi connectivity index (χ0) is 10.8. The molecule has 1 heterocycles. The van der Waals surface area contributed by atoms with Gasteiger partial charge in [-0.2, -0.15) is 0 Å². The minimum absolute atomic E-state index is 0.0812. The van der Waals surface area contributed by atoms with Gasteiger partial charge in [0.25, 0.3) is 0 Å². The molecule has 2 rings (SSSR count). The van der Waals surface area contributed by atoms with Crippen LogP contribution in [-0.4, -0.2) is 18.8 Å². The summed E-state index contributed by atoms with van der Waals surface area (Å²) >= 11 is 5.45. The van der Waals surface area contributed by atoms with Gasteiger partial charge >= 0.3 is 0 Å². The Kier molecular flexibility index (Phi) is 2.64. The summed E-state index contributed by atoms with van der Waals surface area (Å²) in [5.41, 5.74) is 0.577. The minimum atomic E-state index is -0.227. The summed E-state index contributed by atoms with van der Waals surface area (Å²) in [6.07, 6.45) is 0. The van der Waals surface area contributed by atoms with Crippen molar-refractivity contribution in [1.82, 2.24) is 0 Å². The summed E-state index contributed by atoms with van der Waals surface area (Å²) < 4.78 is 10.5. The van der Waals surface area contributed by atoms with Crippen molar-refractivity contribution >= 4 is 28.4 Å². The molecule has 0 aliphatic heterocycles. The molecule has 1 aromatic heterocycles. The van der Waals surface area contributed by atoms with Crippen LogP contribution in [0.4, 0.5) is 0 Å². The smallest absolute Gasteiger partial charge is 0.212 e. The van der Waals surface area contributed by atoms with Crippen molar-refractivity contribution in [2.24, 2.45) is 0 Å². The average molecular weight is 225 g/mol. The molecule has 0 saturated heterocycles. The molecule has 0 aliphatic rings. The number of carbonyl (C=O) groups is 1. The molecule has 0 bridgehead atoms. The maximum Gasteiger partial charge on any atom is 0.212 e. The van der Waals surface area contributed by atoms with E-state index in [0.717, 1.165) is 5.39 Å². The Morgan fingerprint density at radius 2 is 2.33 bits per heavy atom. The van der Waals surface area contributed by atoms with Gasteiger partial charge in [0.1, 0.15) is 0 Å². The zero-order valence-corrected chi connectivity index (χ0v) is 8.88. The van der Waals surface area contributed by atoms with E-state index in [9.17, 15) is 4.79 Å². The van der Waals surface area contributed by atoms with Crippen molar-refractivity contribution < 1.29 is 13.9 Å². The molecule has 3 nitrogen and oxygen atoms in total. The molecule has 0 radical (unpaired) electrons. The number of para-hydroxylation sites is 1. The van der Waals surface area contributed by atoms with Crippen LogP contribution in [0.15, 0.2) is 28.7 Å². The lowest BCUT2D eigenvalue weighted by Crippen LogP contribution is -1.96. The molecule has 2 aromatic rings. The Hall–Kier alpha value is -1.48. The van der Waals surface area contributed by atoms with Crippen molar-refractivity contribution in [2.45, 2.75) is 0 Å². The minimum Gasteiger partial charge on any atom is -0.493 e. The number of rotatable bonds is 3. The van der Waals surface area contributed by atoms with Gasteiger partial charge in [0.2, 0.25) is 5.78 Å². The van der Waals surface area contributed by atoms with Crippen LogP contribution in [0, 0.1) is 0 Å². The summed E-state index contributed by atoms with van der Waals surface area (Å²) in [4.78, 5) is 11.3. The maximum absolute atomic E-state index is 11.3. The van der Waals surface area contributed by atoms with Crippen molar-refractivity contribution in [3.63, 3.8) is 0 Å². The van der Waals surface area contributed by atoms with Crippen molar-refractivity contribution in [2.75, 3.05) is 13.0 Å². The number of halogens is 1. The molecule has 4 heteroatoms. The molecule has 78 valence electrons. The predicted molar refractivity (Wildman–Crippen MR) is 57.8 cm³/mol. The summed E-state index contributed by atoms with van der Waals surface area (Å²) in [5, 5.41) is 0.836. The van der Waals surface area contributed by atoms with E-state index in [-0.39, 0.29) is 17.4 Å². The van der Waals surface area contributed by atoms with Crippen LogP contribution in [0.5, 0.6) is 5.75 Å². The first-order chi connectivity index (χ1) is 7.26. The van der Waals surface area contributed by atoms with Gasteiger partial charge in [0.15, 0.2) is 17.1 Å². The van der Waals surface area contributed by atoms with E-state index in [2.05, 4.69) is 0 Å².